The van der Waals surface area contributed by atoms with Crippen molar-refractivity contribution in [3.05, 3.63) is 47.8 Å². The van der Waals surface area contributed by atoms with Crippen LogP contribution in [0.4, 0.5) is 11.6 Å². The van der Waals surface area contributed by atoms with Crippen LogP contribution in [-0.2, 0) is 5.41 Å². The Balaban J connectivity index is 1.66. The first kappa shape index (κ1) is 16.4. The van der Waals surface area contributed by atoms with Crippen molar-refractivity contribution >= 4 is 17.5 Å². The summed E-state index contributed by atoms with van der Waals surface area (Å²) in [5.74, 6) is 0.519. The summed E-state index contributed by atoms with van der Waals surface area (Å²) in [5.41, 5.74) is 2.58. The quantitative estimate of drug-likeness (QED) is 0.937. The van der Waals surface area contributed by atoms with Crippen molar-refractivity contribution in [1.29, 1.82) is 0 Å². The lowest BCUT2D eigenvalue weighted by molar-refractivity contribution is 0.102. The van der Waals surface area contributed by atoms with Crippen LogP contribution in [0.15, 0.2) is 36.7 Å². The normalized spacial score (nSPS) is 14.7. The van der Waals surface area contributed by atoms with E-state index in [9.17, 15) is 4.79 Å². The molecule has 0 aliphatic carbocycles. The second kappa shape index (κ2) is 6.59. The van der Waals surface area contributed by atoms with Crippen LogP contribution >= 0.6 is 0 Å². The van der Waals surface area contributed by atoms with Gasteiger partial charge in [-0.05, 0) is 36.0 Å². The van der Waals surface area contributed by atoms with E-state index in [1.165, 1.54) is 18.4 Å². The summed E-state index contributed by atoms with van der Waals surface area (Å²) in [6, 6.07) is 7.95. The van der Waals surface area contributed by atoms with Crippen molar-refractivity contribution in [2.75, 3.05) is 23.3 Å². The average Bonchev–Trinajstić information content (AvgIpc) is 3.09. The maximum atomic E-state index is 12.3. The maximum Gasteiger partial charge on any atom is 0.258 e. The molecule has 0 bridgehead atoms. The number of anilines is 2. The highest BCUT2D eigenvalue weighted by molar-refractivity contribution is 6.03. The van der Waals surface area contributed by atoms with E-state index in [0.29, 0.717) is 11.5 Å². The van der Waals surface area contributed by atoms with Crippen molar-refractivity contribution in [3.8, 4) is 0 Å². The van der Waals surface area contributed by atoms with Crippen LogP contribution in [0.3, 0.4) is 0 Å². The first-order chi connectivity index (χ1) is 11.4. The summed E-state index contributed by atoms with van der Waals surface area (Å²) >= 11 is 0. The lowest BCUT2D eigenvalue weighted by atomic mass is 9.87. The molecule has 126 valence electrons. The summed E-state index contributed by atoms with van der Waals surface area (Å²) in [6.45, 7) is 8.48. The zero-order valence-corrected chi connectivity index (χ0v) is 14.5. The molecule has 1 aliphatic rings. The number of rotatable bonds is 3. The minimum atomic E-state index is -0.188. The highest BCUT2D eigenvalue weighted by atomic mass is 16.1. The SMILES string of the molecule is CC(C)(C)c1ccc(NC(=O)c2cnc(N3CCCC3)nc2)cc1. The van der Waals surface area contributed by atoms with Crippen LogP contribution < -0.4 is 10.2 Å². The van der Waals surface area contributed by atoms with Crippen LogP contribution in [0.25, 0.3) is 0 Å². The molecule has 0 unspecified atom stereocenters. The minimum absolute atomic E-state index is 0.0990. The maximum absolute atomic E-state index is 12.3. The number of nitrogens with zero attached hydrogens (tertiary/aromatic N) is 3. The van der Waals surface area contributed by atoms with Gasteiger partial charge in [0.1, 0.15) is 0 Å². The Morgan fingerprint density at radius 1 is 1.04 bits per heavy atom. The zero-order chi connectivity index (χ0) is 17.2. The molecule has 0 radical (unpaired) electrons. The molecular formula is C19H24N4O. The van der Waals surface area contributed by atoms with Gasteiger partial charge in [0.2, 0.25) is 5.95 Å². The van der Waals surface area contributed by atoms with Gasteiger partial charge in [-0.2, -0.15) is 0 Å². The van der Waals surface area contributed by atoms with Gasteiger partial charge in [0.15, 0.2) is 0 Å². The zero-order valence-electron chi connectivity index (χ0n) is 14.5. The summed E-state index contributed by atoms with van der Waals surface area (Å²) < 4.78 is 0. The fourth-order valence-corrected chi connectivity index (χ4v) is 2.78. The number of nitrogens with one attached hydrogen (secondary N) is 1. The second-order valence-electron chi connectivity index (χ2n) is 7.25. The molecule has 0 atom stereocenters. The van der Waals surface area contributed by atoms with Crippen molar-refractivity contribution in [3.63, 3.8) is 0 Å². The summed E-state index contributed by atoms with van der Waals surface area (Å²) in [5, 5.41) is 2.89. The number of benzene rings is 1. The lowest BCUT2D eigenvalue weighted by Crippen LogP contribution is -2.21. The molecule has 5 heteroatoms. The average molecular weight is 324 g/mol. The van der Waals surface area contributed by atoms with Crippen LogP contribution in [0.2, 0.25) is 0 Å². The first-order valence-corrected chi connectivity index (χ1v) is 8.42. The van der Waals surface area contributed by atoms with Gasteiger partial charge in [0, 0.05) is 31.2 Å². The molecule has 24 heavy (non-hydrogen) atoms. The molecule has 5 nitrogen and oxygen atoms in total. The largest absolute Gasteiger partial charge is 0.341 e. The van der Waals surface area contributed by atoms with Crippen LogP contribution in [-0.4, -0.2) is 29.0 Å². The van der Waals surface area contributed by atoms with Gasteiger partial charge in [-0.1, -0.05) is 32.9 Å². The van der Waals surface area contributed by atoms with Crippen molar-refractivity contribution in [2.24, 2.45) is 0 Å². The molecule has 0 saturated carbocycles. The monoisotopic (exact) mass is 324 g/mol. The smallest absolute Gasteiger partial charge is 0.258 e. The number of carbonyl (C=O) groups excluding carboxylic acids is 1. The van der Waals surface area contributed by atoms with Crippen molar-refractivity contribution in [2.45, 2.75) is 39.0 Å². The molecule has 1 N–H and O–H groups in total. The predicted octanol–water partition coefficient (Wildman–Crippen LogP) is 3.63. The molecule has 1 saturated heterocycles. The number of hydrogen-bond donors (Lipinski definition) is 1. The van der Waals surface area contributed by atoms with Crippen molar-refractivity contribution in [1.82, 2.24) is 9.97 Å². The van der Waals surface area contributed by atoms with Gasteiger partial charge in [0.05, 0.1) is 5.56 Å². The van der Waals surface area contributed by atoms with E-state index in [2.05, 4.69) is 41.0 Å². The second-order valence-corrected chi connectivity index (χ2v) is 7.25. The molecule has 0 spiro atoms. The third kappa shape index (κ3) is 3.72. The summed E-state index contributed by atoms with van der Waals surface area (Å²) in [7, 11) is 0. The van der Waals surface area contributed by atoms with E-state index in [4.69, 9.17) is 0 Å². The van der Waals surface area contributed by atoms with E-state index in [1.807, 2.05) is 24.3 Å². The van der Waals surface area contributed by atoms with Gasteiger partial charge >= 0.3 is 0 Å². The number of aromatic nitrogens is 2. The minimum Gasteiger partial charge on any atom is -0.341 e. The van der Waals surface area contributed by atoms with Gasteiger partial charge in [0.25, 0.3) is 5.91 Å². The fraction of sp³-hybridized carbons (Fsp3) is 0.421. The Bertz CT molecular complexity index is 696. The molecule has 1 aromatic heterocycles. The summed E-state index contributed by atoms with van der Waals surface area (Å²) in [4.78, 5) is 23.1. The third-order valence-electron chi connectivity index (χ3n) is 4.30. The molecule has 1 fully saturated rings. The van der Waals surface area contributed by atoms with Crippen LogP contribution in [0.5, 0.6) is 0 Å². The van der Waals surface area contributed by atoms with E-state index < -0.39 is 0 Å². The topological polar surface area (TPSA) is 58.1 Å². The van der Waals surface area contributed by atoms with Crippen molar-refractivity contribution < 1.29 is 4.79 Å². The van der Waals surface area contributed by atoms with E-state index >= 15 is 0 Å². The molecule has 2 heterocycles. The molecule has 1 amide bonds. The van der Waals surface area contributed by atoms with Gasteiger partial charge in [-0.15, -0.1) is 0 Å². The van der Waals surface area contributed by atoms with Crippen LogP contribution in [0.1, 0.15) is 49.5 Å². The predicted molar refractivity (Wildman–Crippen MR) is 96.6 cm³/mol. The highest BCUT2D eigenvalue weighted by Crippen LogP contribution is 2.23. The third-order valence-corrected chi connectivity index (χ3v) is 4.30. The Morgan fingerprint density at radius 2 is 1.62 bits per heavy atom. The molecule has 1 aromatic carbocycles. The van der Waals surface area contributed by atoms with Gasteiger partial charge in [-0.25, -0.2) is 9.97 Å². The van der Waals surface area contributed by atoms with E-state index in [1.54, 1.807) is 12.4 Å². The molecular weight excluding hydrogens is 300 g/mol. The lowest BCUT2D eigenvalue weighted by Gasteiger charge is -2.19. The Morgan fingerprint density at radius 3 is 2.17 bits per heavy atom. The van der Waals surface area contributed by atoms with E-state index in [0.717, 1.165) is 18.8 Å². The number of amides is 1. The van der Waals surface area contributed by atoms with Crippen LogP contribution in [0, 0.1) is 0 Å². The van der Waals surface area contributed by atoms with Gasteiger partial charge in [-0.3, -0.25) is 4.79 Å². The highest BCUT2D eigenvalue weighted by Gasteiger charge is 2.16. The fourth-order valence-electron chi connectivity index (χ4n) is 2.78. The Labute approximate surface area is 143 Å². The standard InChI is InChI=1S/C19H24N4O/c1-19(2,3)15-6-8-16(9-7-15)22-17(24)14-12-20-18(21-13-14)23-10-4-5-11-23/h6-9,12-13H,4-5,10-11H2,1-3H3,(H,22,24). The molecule has 2 aromatic rings. The number of carbonyl (C=O) groups is 1. The molecule has 3 rings (SSSR count). The Hall–Kier alpha value is -2.43. The molecule has 1 aliphatic heterocycles. The van der Waals surface area contributed by atoms with E-state index in [-0.39, 0.29) is 11.3 Å². The van der Waals surface area contributed by atoms with Gasteiger partial charge < -0.3 is 10.2 Å². The Kier molecular flexibility index (Phi) is 4.51. The first-order valence-electron chi connectivity index (χ1n) is 8.42. The summed E-state index contributed by atoms with van der Waals surface area (Å²) in [6.07, 6.45) is 5.55. The number of hydrogen-bond acceptors (Lipinski definition) is 4.